The molecule has 2 aromatic carbocycles. The predicted octanol–water partition coefficient (Wildman–Crippen LogP) is 2.93. The molecule has 1 aromatic heterocycles. The van der Waals surface area contributed by atoms with E-state index in [1.165, 1.54) is 18.3 Å². The number of amides is 2. The quantitative estimate of drug-likeness (QED) is 0.647. The molecule has 1 atom stereocenters. The van der Waals surface area contributed by atoms with Crippen molar-refractivity contribution in [1.29, 1.82) is 0 Å². The molecule has 2 heterocycles. The minimum absolute atomic E-state index is 0.0950. The van der Waals surface area contributed by atoms with Gasteiger partial charge in [0.2, 0.25) is 5.91 Å². The number of anilines is 1. The number of benzene rings is 2. The molecule has 2 N–H and O–H groups in total. The first-order chi connectivity index (χ1) is 14.1. The zero-order valence-electron chi connectivity index (χ0n) is 16.2. The van der Waals surface area contributed by atoms with Crippen molar-refractivity contribution in [2.75, 3.05) is 18.1 Å². The monoisotopic (exact) mass is 443 g/mol. The third-order valence-electron chi connectivity index (χ3n) is 5.33. The molecule has 4 rings (SSSR count). The van der Waals surface area contributed by atoms with Crippen LogP contribution in [-0.2, 0) is 20.0 Å². The average Bonchev–Trinajstić information content (AvgIpc) is 2.70. The number of pyridine rings is 1. The van der Waals surface area contributed by atoms with Crippen molar-refractivity contribution in [3.05, 3.63) is 64.9 Å². The summed E-state index contributed by atoms with van der Waals surface area (Å²) >= 11 is 6.12. The fourth-order valence-corrected chi connectivity index (χ4v) is 4.37. The van der Waals surface area contributed by atoms with E-state index >= 15 is 0 Å². The smallest absolute Gasteiger partial charge is 0.251 e. The molecule has 0 bridgehead atoms. The number of rotatable bonds is 3. The Bertz CT molecular complexity index is 1320. The van der Waals surface area contributed by atoms with Crippen LogP contribution in [0.25, 0.3) is 10.8 Å². The Kier molecular flexibility index (Phi) is 4.79. The Labute approximate surface area is 178 Å². The number of hydrogen-bond acceptors (Lipinski definition) is 5. The number of nitrogens with zero attached hydrogens (tertiary/aromatic N) is 1. The van der Waals surface area contributed by atoms with Crippen LogP contribution in [0, 0.1) is 0 Å². The highest BCUT2D eigenvalue weighted by Gasteiger charge is 2.42. The normalized spacial score (nSPS) is 18.6. The molecule has 30 heavy (non-hydrogen) atoms. The Hall–Kier alpha value is -2.97. The molecule has 1 aliphatic heterocycles. The van der Waals surface area contributed by atoms with Gasteiger partial charge in [-0.15, -0.1) is 0 Å². The van der Waals surface area contributed by atoms with Gasteiger partial charge < -0.3 is 10.6 Å². The topological polar surface area (TPSA) is 105 Å². The fraction of sp³-hybridized carbons (Fsp3) is 0.190. The van der Waals surface area contributed by atoms with Crippen molar-refractivity contribution in [1.82, 2.24) is 10.3 Å². The van der Waals surface area contributed by atoms with Crippen LogP contribution >= 0.6 is 11.6 Å². The largest absolute Gasteiger partial charge is 0.351 e. The van der Waals surface area contributed by atoms with Crippen molar-refractivity contribution < 1.29 is 18.0 Å². The molecule has 1 unspecified atom stereocenters. The number of nitrogens with one attached hydrogen (secondary N) is 2. The Morgan fingerprint density at radius 2 is 1.97 bits per heavy atom. The minimum Gasteiger partial charge on any atom is -0.351 e. The molecule has 0 spiro atoms. The van der Waals surface area contributed by atoms with E-state index < -0.39 is 15.3 Å². The number of aromatic nitrogens is 1. The van der Waals surface area contributed by atoms with Gasteiger partial charge in [0.25, 0.3) is 5.91 Å². The summed E-state index contributed by atoms with van der Waals surface area (Å²) < 4.78 is 23.9. The molecule has 9 heteroatoms. The number of halogens is 1. The zero-order valence-corrected chi connectivity index (χ0v) is 17.8. The van der Waals surface area contributed by atoms with Crippen LogP contribution in [0.1, 0.15) is 22.8 Å². The number of sulfone groups is 1. The summed E-state index contributed by atoms with van der Waals surface area (Å²) in [6, 6.07) is 9.48. The van der Waals surface area contributed by atoms with Gasteiger partial charge in [-0.05, 0) is 42.8 Å². The summed E-state index contributed by atoms with van der Waals surface area (Å²) in [5.41, 5.74) is 0.217. The molecule has 0 saturated carbocycles. The van der Waals surface area contributed by atoms with Crippen LogP contribution in [0.5, 0.6) is 0 Å². The van der Waals surface area contributed by atoms with E-state index in [0.29, 0.717) is 32.6 Å². The Morgan fingerprint density at radius 1 is 1.20 bits per heavy atom. The van der Waals surface area contributed by atoms with Gasteiger partial charge in [0.15, 0.2) is 9.84 Å². The molecular weight excluding hydrogens is 426 g/mol. The van der Waals surface area contributed by atoms with Crippen LogP contribution in [0.3, 0.4) is 0 Å². The molecule has 3 aromatic rings. The first-order valence-electron chi connectivity index (χ1n) is 9.07. The van der Waals surface area contributed by atoms with E-state index in [2.05, 4.69) is 15.6 Å². The maximum absolute atomic E-state index is 13.3. The van der Waals surface area contributed by atoms with Gasteiger partial charge in [-0.2, -0.15) is 0 Å². The van der Waals surface area contributed by atoms with E-state index in [1.54, 1.807) is 37.4 Å². The summed E-state index contributed by atoms with van der Waals surface area (Å²) in [5.74, 6) is -0.637. The van der Waals surface area contributed by atoms with Gasteiger partial charge in [0, 0.05) is 40.4 Å². The lowest BCUT2D eigenvalue weighted by molar-refractivity contribution is -0.121. The van der Waals surface area contributed by atoms with Gasteiger partial charge in [-0.1, -0.05) is 17.7 Å². The lowest BCUT2D eigenvalue weighted by Gasteiger charge is -2.34. The van der Waals surface area contributed by atoms with E-state index in [1.807, 2.05) is 0 Å². The maximum atomic E-state index is 13.3. The first-order valence-corrected chi connectivity index (χ1v) is 11.3. The second kappa shape index (κ2) is 7.07. The Morgan fingerprint density at radius 3 is 2.70 bits per heavy atom. The van der Waals surface area contributed by atoms with E-state index in [9.17, 15) is 18.0 Å². The summed E-state index contributed by atoms with van der Waals surface area (Å²) in [7, 11) is -3.42. The summed E-state index contributed by atoms with van der Waals surface area (Å²) in [5, 5.41) is 7.26. The minimum atomic E-state index is -3.42. The van der Waals surface area contributed by atoms with Crippen molar-refractivity contribution in [2.45, 2.75) is 17.2 Å². The van der Waals surface area contributed by atoms with Gasteiger partial charge in [-0.25, -0.2) is 8.42 Å². The van der Waals surface area contributed by atoms with Crippen molar-refractivity contribution >= 4 is 49.7 Å². The van der Waals surface area contributed by atoms with Gasteiger partial charge in [0.1, 0.15) is 0 Å². The summed E-state index contributed by atoms with van der Waals surface area (Å²) in [6.45, 7) is 1.81. The highest BCUT2D eigenvalue weighted by molar-refractivity contribution is 7.90. The molecule has 0 saturated heterocycles. The molecule has 0 radical (unpaired) electrons. The molecule has 1 aliphatic rings. The summed E-state index contributed by atoms with van der Waals surface area (Å²) in [6.07, 6.45) is 4.19. The predicted molar refractivity (Wildman–Crippen MR) is 115 cm³/mol. The van der Waals surface area contributed by atoms with Crippen LogP contribution in [0.4, 0.5) is 5.69 Å². The molecular formula is C21H18ClN3O4S. The lowest BCUT2D eigenvalue weighted by Crippen LogP contribution is -2.51. The van der Waals surface area contributed by atoms with Crippen molar-refractivity contribution in [2.24, 2.45) is 0 Å². The molecule has 2 amide bonds. The van der Waals surface area contributed by atoms with Crippen molar-refractivity contribution in [3.63, 3.8) is 0 Å². The molecule has 0 fully saturated rings. The maximum Gasteiger partial charge on any atom is 0.251 e. The lowest BCUT2D eigenvalue weighted by atomic mass is 9.76. The highest BCUT2D eigenvalue weighted by atomic mass is 35.5. The van der Waals surface area contributed by atoms with E-state index in [0.717, 1.165) is 6.26 Å². The second-order valence-electron chi connectivity index (χ2n) is 7.50. The second-order valence-corrected chi connectivity index (χ2v) is 9.95. The zero-order chi connectivity index (χ0) is 21.7. The first kappa shape index (κ1) is 20.3. The highest BCUT2D eigenvalue weighted by Crippen LogP contribution is 2.34. The van der Waals surface area contributed by atoms with Crippen molar-refractivity contribution in [3.8, 4) is 0 Å². The Balaban J connectivity index is 1.78. The summed E-state index contributed by atoms with van der Waals surface area (Å²) in [4.78, 5) is 29.8. The van der Waals surface area contributed by atoms with Crippen LogP contribution < -0.4 is 10.6 Å². The molecule has 154 valence electrons. The molecule has 7 nitrogen and oxygen atoms in total. The number of carbonyl (C=O) groups excluding carboxylic acids is 2. The third-order valence-corrected chi connectivity index (χ3v) is 6.68. The number of fused-ring (bicyclic) bond motifs is 2. The third kappa shape index (κ3) is 3.42. The van der Waals surface area contributed by atoms with Crippen LogP contribution in [0.2, 0.25) is 5.02 Å². The average molecular weight is 444 g/mol. The van der Waals surface area contributed by atoms with E-state index in [4.69, 9.17) is 11.6 Å². The molecule has 0 aliphatic carbocycles. The van der Waals surface area contributed by atoms with Gasteiger partial charge >= 0.3 is 0 Å². The number of carbonyl (C=O) groups is 2. The van der Waals surface area contributed by atoms with Crippen LogP contribution in [-0.4, -0.2) is 38.0 Å². The fourth-order valence-electron chi connectivity index (χ4n) is 3.55. The number of hydrogen-bond donors (Lipinski definition) is 2. The van der Waals surface area contributed by atoms with E-state index in [-0.39, 0.29) is 23.3 Å². The SMILES string of the molecule is CC1(C(=O)Nc2cncc3ccc(S(C)(=O)=O)cc23)CNC(=O)c2ccc(Cl)cc21. The van der Waals surface area contributed by atoms with Gasteiger partial charge in [0.05, 0.1) is 22.2 Å². The van der Waals surface area contributed by atoms with Gasteiger partial charge in [-0.3, -0.25) is 14.6 Å². The van der Waals surface area contributed by atoms with Crippen LogP contribution in [0.15, 0.2) is 53.7 Å². The standard InChI is InChI=1S/C21H18ClN3O4S/c1-21(11-24-19(26)15-6-4-13(22)7-17(15)21)20(27)25-18-10-23-9-12-3-5-14(8-16(12)18)30(2,28)29/h3-10H,11H2,1-2H3,(H,24,26)(H,25,27).